The zero-order valence-electron chi connectivity index (χ0n) is 35.5. The molecular weight excluding hydrogens is 753 g/mol. The number of rotatable bonds is 11. The first-order chi connectivity index (χ1) is 28.3. The van der Waals surface area contributed by atoms with Crippen LogP contribution in [0.1, 0.15) is 79.1 Å². The maximum Gasteiger partial charge on any atom is 0.362 e. The van der Waals surface area contributed by atoms with Gasteiger partial charge in [0.2, 0.25) is 5.75 Å². The van der Waals surface area contributed by atoms with E-state index in [0.717, 1.165) is 33.4 Å². The number of hydrogen-bond acceptors (Lipinski definition) is 8. The van der Waals surface area contributed by atoms with E-state index < -0.39 is 30.1 Å². The first-order valence-electron chi connectivity index (χ1n) is 20.7. The van der Waals surface area contributed by atoms with Crippen molar-refractivity contribution >= 4 is 11.9 Å². The van der Waals surface area contributed by atoms with E-state index in [1.807, 2.05) is 88.5 Å². The lowest BCUT2D eigenvalue weighted by Crippen LogP contribution is -2.60. The average molecular weight is 811 g/mol. The lowest BCUT2D eigenvalue weighted by molar-refractivity contribution is -0.956. The second kappa shape index (κ2) is 16.7. The minimum absolute atomic E-state index is 0.212. The van der Waals surface area contributed by atoms with Gasteiger partial charge in [-0.1, -0.05) is 32.0 Å². The zero-order chi connectivity index (χ0) is 42.2. The van der Waals surface area contributed by atoms with Crippen molar-refractivity contribution in [2.45, 2.75) is 83.5 Å². The van der Waals surface area contributed by atoms with Crippen molar-refractivity contribution in [1.29, 1.82) is 0 Å². The largest absolute Gasteiger partial charge is 0.493 e. The number of likely N-dealkylation sites (N-methyl/N-ethyl adjacent to an activating group) is 2. The van der Waals surface area contributed by atoms with Crippen LogP contribution >= 0.6 is 0 Å². The second-order valence-corrected chi connectivity index (χ2v) is 16.4. The number of carboxylic acids is 2. The highest BCUT2D eigenvalue weighted by molar-refractivity contribution is 5.73. The van der Waals surface area contributed by atoms with Gasteiger partial charge in [-0.25, -0.2) is 9.59 Å². The van der Waals surface area contributed by atoms with E-state index in [9.17, 15) is 19.8 Å². The van der Waals surface area contributed by atoms with Crippen LogP contribution in [0.5, 0.6) is 46.0 Å². The summed E-state index contributed by atoms with van der Waals surface area (Å²) in [5.41, 5.74) is 5.83. The Labute approximate surface area is 347 Å². The molecule has 4 aliphatic rings. The first-order valence-corrected chi connectivity index (χ1v) is 20.7. The molecule has 0 aliphatic carbocycles. The van der Waals surface area contributed by atoms with Crippen molar-refractivity contribution in [2.75, 3.05) is 55.1 Å². The third kappa shape index (κ3) is 7.41. The molecule has 12 nitrogen and oxygen atoms in total. The van der Waals surface area contributed by atoms with Gasteiger partial charge in [-0.05, 0) is 71.6 Å². The molecule has 59 heavy (non-hydrogen) atoms. The number of hydrogen-bond donors (Lipinski definition) is 2. The van der Waals surface area contributed by atoms with Crippen LogP contribution in [-0.2, 0) is 35.3 Å². The van der Waals surface area contributed by atoms with Gasteiger partial charge in [-0.3, -0.25) is 0 Å². The molecule has 6 bridgehead atoms. The van der Waals surface area contributed by atoms with E-state index in [1.54, 1.807) is 21.3 Å². The highest BCUT2D eigenvalue weighted by Gasteiger charge is 2.51. The van der Waals surface area contributed by atoms with E-state index in [-0.39, 0.29) is 10.5 Å². The molecule has 4 heterocycles. The van der Waals surface area contributed by atoms with Gasteiger partial charge < -0.3 is 47.6 Å². The Bertz CT molecular complexity index is 2220. The Morgan fingerprint density at radius 2 is 1.25 bits per heavy atom. The molecule has 8 rings (SSSR count). The molecule has 0 amide bonds. The maximum atomic E-state index is 13.2. The molecule has 0 spiro atoms. The van der Waals surface area contributed by atoms with Crippen molar-refractivity contribution in [2.24, 2.45) is 0 Å². The number of aliphatic carboxylic acids is 2. The number of benzene rings is 4. The topological polar surface area (TPSA) is 130 Å². The fraction of sp³-hybridized carbons (Fsp3) is 0.447. The number of quaternary nitrogens is 2. The Morgan fingerprint density at radius 1 is 0.695 bits per heavy atom. The predicted molar refractivity (Wildman–Crippen MR) is 223 cm³/mol. The third-order valence-electron chi connectivity index (χ3n) is 13.3. The fourth-order valence-corrected chi connectivity index (χ4v) is 10.2. The minimum Gasteiger partial charge on any atom is -0.493 e. The van der Waals surface area contributed by atoms with E-state index in [1.165, 1.54) is 0 Å². The molecule has 0 fully saturated rings. The van der Waals surface area contributed by atoms with Gasteiger partial charge >= 0.3 is 11.9 Å². The summed E-state index contributed by atoms with van der Waals surface area (Å²) in [6.45, 7) is 7.28. The Kier molecular flexibility index (Phi) is 11.8. The summed E-state index contributed by atoms with van der Waals surface area (Å²) in [6.07, 6.45) is 3.10. The van der Waals surface area contributed by atoms with Gasteiger partial charge in [0.15, 0.2) is 46.6 Å². The number of ether oxygens (including phenoxy) is 6. The monoisotopic (exact) mass is 810 g/mol. The van der Waals surface area contributed by atoms with Gasteiger partial charge in [0.1, 0.15) is 17.8 Å². The molecule has 0 saturated heterocycles. The summed E-state index contributed by atoms with van der Waals surface area (Å²) in [6, 6.07) is 17.8. The standard InChI is InChI=1S/C47H56N2O10/c1-9-34(46(50)51)48(4)20-18-30-25-39(55-7)41-27-33(30)36(48)22-28-12-15-32(16-13-28)58-40-24-29(14-17-38(40)54-6)23-37-43-31(19-21-49(37,5)35(10-2)47(52)53)26-42(56-8)44(57-11-3)45(43)59-41/h12-17,24-27,34-37H,9-11,18-23H2,1-8H3/p+2. The number of carboxylic acid groups (broad SMARTS) is 2. The van der Waals surface area contributed by atoms with Crippen molar-refractivity contribution in [1.82, 2.24) is 0 Å². The summed E-state index contributed by atoms with van der Waals surface area (Å²) in [5.74, 6) is 2.37. The van der Waals surface area contributed by atoms with Crippen LogP contribution in [0.2, 0.25) is 0 Å². The van der Waals surface area contributed by atoms with Crippen LogP contribution in [0.25, 0.3) is 0 Å². The van der Waals surface area contributed by atoms with Gasteiger partial charge in [-0.2, -0.15) is 0 Å². The van der Waals surface area contributed by atoms with Crippen LogP contribution in [0.4, 0.5) is 0 Å². The average Bonchev–Trinajstić information content (AvgIpc) is 3.21. The van der Waals surface area contributed by atoms with Crippen LogP contribution in [-0.4, -0.2) is 98.3 Å². The van der Waals surface area contributed by atoms with Crippen molar-refractivity contribution in [3.63, 3.8) is 0 Å². The Balaban J connectivity index is 1.56. The molecular formula is C47H58N2O10+2. The second-order valence-electron chi connectivity index (χ2n) is 16.4. The van der Waals surface area contributed by atoms with Crippen LogP contribution in [0.15, 0.2) is 60.7 Å². The zero-order valence-corrected chi connectivity index (χ0v) is 35.5. The predicted octanol–water partition coefficient (Wildman–Crippen LogP) is 8.31. The van der Waals surface area contributed by atoms with E-state index in [2.05, 4.69) is 7.05 Å². The smallest absolute Gasteiger partial charge is 0.362 e. The molecule has 0 saturated carbocycles. The number of nitrogens with zero attached hydrogens (tertiary/aromatic N) is 2. The van der Waals surface area contributed by atoms with Crippen LogP contribution < -0.4 is 28.4 Å². The Morgan fingerprint density at radius 3 is 1.85 bits per heavy atom. The van der Waals surface area contributed by atoms with E-state index in [0.29, 0.717) is 109 Å². The number of carbonyl (C=O) groups is 2. The van der Waals surface area contributed by atoms with Crippen LogP contribution in [0, 0.1) is 0 Å². The summed E-state index contributed by atoms with van der Waals surface area (Å²) in [7, 11) is 8.93. The summed E-state index contributed by atoms with van der Waals surface area (Å²) < 4.78 is 38.6. The fourth-order valence-electron chi connectivity index (χ4n) is 10.2. The normalized spacial score (nSPS) is 22.9. The molecule has 314 valence electrons. The molecule has 0 aromatic heterocycles. The molecule has 6 atom stereocenters. The van der Waals surface area contributed by atoms with Crippen LogP contribution in [0.3, 0.4) is 0 Å². The lowest BCUT2D eigenvalue weighted by atomic mass is 9.83. The van der Waals surface area contributed by atoms with Crippen molar-refractivity contribution < 1.29 is 57.2 Å². The molecule has 12 heteroatoms. The van der Waals surface area contributed by atoms with Gasteiger partial charge in [0, 0.05) is 44.1 Å². The Hall–Kier alpha value is -5.46. The van der Waals surface area contributed by atoms with E-state index in [4.69, 9.17) is 28.4 Å². The summed E-state index contributed by atoms with van der Waals surface area (Å²) in [4.78, 5) is 26.1. The molecule has 4 aliphatic heterocycles. The van der Waals surface area contributed by atoms with Gasteiger partial charge in [-0.15, -0.1) is 0 Å². The highest BCUT2D eigenvalue weighted by atomic mass is 16.6. The van der Waals surface area contributed by atoms with Gasteiger partial charge in [0.05, 0.1) is 60.7 Å². The summed E-state index contributed by atoms with van der Waals surface area (Å²) in [5, 5.41) is 21.4. The SMILES string of the molecule is CCOc1c(OC)cc2c3c1Oc1cc4c(cc1OC)CC[N+](C)(C(CC)C(=O)O)C4Cc1ccc(cc1)Oc1cc(ccc1OC)CC3[N+](C)(C(CC)C(=O)O)CC2. The molecule has 2 N–H and O–H groups in total. The quantitative estimate of drug-likeness (QED) is 0.143. The summed E-state index contributed by atoms with van der Waals surface area (Å²) >= 11 is 0. The minimum atomic E-state index is -0.864. The molecule has 4 aromatic carbocycles. The molecule has 4 aromatic rings. The van der Waals surface area contributed by atoms with E-state index >= 15 is 0 Å². The third-order valence-corrected chi connectivity index (χ3v) is 13.3. The van der Waals surface area contributed by atoms with Gasteiger partial charge in [0.25, 0.3) is 0 Å². The molecule has 0 radical (unpaired) electrons. The maximum absolute atomic E-state index is 13.2. The van der Waals surface area contributed by atoms with Crippen molar-refractivity contribution in [3.8, 4) is 46.0 Å². The molecule has 6 unspecified atom stereocenters. The van der Waals surface area contributed by atoms with Crippen molar-refractivity contribution in [3.05, 3.63) is 94.0 Å². The number of fused-ring (bicyclic) bond motifs is 2. The lowest BCUT2D eigenvalue weighted by Gasteiger charge is -2.49. The first kappa shape index (κ1) is 41.7. The number of methoxy groups -OCH3 is 3. The highest BCUT2D eigenvalue weighted by Crippen LogP contribution is 2.54.